The molecule has 1 aliphatic rings. The van der Waals surface area contributed by atoms with Gasteiger partial charge in [-0.3, -0.25) is 0 Å². The van der Waals surface area contributed by atoms with Crippen LogP contribution < -0.4 is 4.74 Å². The van der Waals surface area contributed by atoms with Gasteiger partial charge in [-0.05, 0) is 24.3 Å². The van der Waals surface area contributed by atoms with Crippen molar-refractivity contribution in [2.24, 2.45) is 0 Å². The van der Waals surface area contributed by atoms with Crippen LogP contribution >= 0.6 is 0 Å². The van der Waals surface area contributed by atoms with E-state index in [0.29, 0.717) is 0 Å². The molecular weight excluding hydrogens is 383 g/mol. The van der Waals surface area contributed by atoms with Crippen molar-refractivity contribution in [2.75, 3.05) is 5.75 Å². The lowest BCUT2D eigenvalue weighted by atomic mass is 10.1. The highest BCUT2D eigenvalue weighted by molar-refractivity contribution is 7.91. The molecule has 1 N–H and O–H groups in total. The third-order valence-electron chi connectivity index (χ3n) is 4.29. The van der Waals surface area contributed by atoms with Gasteiger partial charge in [-0.25, -0.2) is 26.4 Å². The van der Waals surface area contributed by atoms with E-state index in [1.54, 1.807) is 0 Å². The normalized spacial score (nSPS) is 18.0. The molecule has 0 aliphatic heterocycles. The molecule has 9 heteroatoms. The maximum Gasteiger partial charge on any atom is 0.281 e. The van der Waals surface area contributed by atoms with E-state index in [1.165, 1.54) is 19.1 Å². The van der Waals surface area contributed by atoms with E-state index in [9.17, 15) is 26.7 Å². The first-order chi connectivity index (χ1) is 12.6. The molecule has 2 aromatic rings. The number of aliphatic hydroxyl groups is 1. The predicted octanol–water partition coefficient (Wildman–Crippen LogP) is 4.19. The van der Waals surface area contributed by atoms with Crippen LogP contribution in [0, 0.1) is 12.4 Å². The number of nitrogens with zero attached hydrogens (tertiary/aromatic N) is 1. The Labute approximate surface area is 153 Å². The summed E-state index contributed by atoms with van der Waals surface area (Å²) >= 11 is 0. The summed E-state index contributed by atoms with van der Waals surface area (Å²) in [5, 5.41) is 10.00. The van der Waals surface area contributed by atoms with E-state index in [-0.39, 0.29) is 33.4 Å². The molecule has 0 saturated heterocycles. The zero-order valence-electron chi connectivity index (χ0n) is 14.0. The summed E-state index contributed by atoms with van der Waals surface area (Å²) in [6.45, 7) is 8.31. The van der Waals surface area contributed by atoms with Crippen molar-refractivity contribution in [1.82, 2.24) is 0 Å². The van der Waals surface area contributed by atoms with Crippen LogP contribution in [0.15, 0.2) is 35.2 Å². The number of ether oxygens (including phenoxy) is 1. The number of sulfone groups is 1. The molecule has 0 aromatic heterocycles. The van der Waals surface area contributed by atoms with Crippen LogP contribution in [0.25, 0.3) is 4.85 Å². The number of benzene rings is 2. The van der Waals surface area contributed by atoms with Crippen LogP contribution in [0.1, 0.15) is 24.2 Å². The largest absolute Gasteiger partial charge is 0.458 e. The van der Waals surface area contributed by atoms with E-state index < -0.39 is 39.7 Å². The fraction of sp³-hybridized carbons (Fsp3) is 0.278. The molecule has 1 atom stereocenters. The van der Waals surface area contributed by atoms with Crippen molar-refractivity contribution < 1.29 is 31.4 Å². The number of hydrogen-bond donors (Lipinski definition) is 1. The van der Waals surface area contributed by atoms with Crippen molar-refractivity contribution in [1.29, 1.82) is 0 Å². The summed E-state index contributed by atoms with van der Waals surface area (Å²) in [5.41, 5.74) is -0.603. The highest BCUT2D eigenvalue weighted by Gasteiger charge is 2.50. The lowest BCUT2D eigenvalue weighted by Gasteiger charge is -2.16. The van der Waals surface area contributed by atoms with Gasteiger partial charge in [0, 0.05) is 23.6 Å². The second kappa shape index (κ2) is 6.55. The molecule has 3 rings (SSSR count). The van der Waals surface area contributed by atoms with Gasteiger partial charge < -0.3 is 9.84 Å². The van der Waals surface area contributed by atoms with Crippen molar-refractivity contribution in [2.45, 2.75) is 30.3 Å². The Bertz CT molecular complexity index is 1060. The molecule has 142 valence electrons. The van der Waals surface area contributed by atoms with Gasteiger partial charge in [0.05, 0.1) is 17.2 Å². The van der Waals surface area contributed by atoms with Crippen molar-refractivity contribution >= 4 is 15.5 Å². The number of fused-ring (bicyclic) bond motifs is 1. The molecule has 1 aliphatic carbocycles. The zero-order valence-corrected chi connectivity index (χ0v) is 14.9. The molecule has 0 fully saturated rings. The average Bonchev–Trinajstić information content (AvgIpc) is 2.85. The highest BCUT2D eigenvalue weighted by atomic mass is 32.2. The monoisotopic (exact) mass is 397 g/mol. The first kappa shape index (κ1) is 19.2. The summed E-state index contributed by atoms with van der Waals surface area (Å²) in [7, 11) is -3.86. The number of hydrogen-bond acceptors (Lipinski definition) is 4. The Morgan fingerprint density at radius 2 is 2.04 bits per heavy atom. The van der Waals surface area contributed by atoms with Gasteiger partial charge in [-0.2, -0.15) is 0 Å². The van der Waals surface area contributed by atoms with Crippen molar-refractivity contribution in [3.8, 4) is 11.5 Å². The van der Waals surface area contributed by atoms with Gasteiger partial charge in [0.25, 0.3) is 5.92 Å². The average molecular weight is 397 g/mol. The van der Waals surface area contributed by atoms with Gasteiger partial charge in [0.1, 0.15) is 23.4 Å². The lowest BCUT2D eigenvalue weighted by Crippen LogP contribution is -2.22. The zero-order chi connectivity index (χ0) is 20.0. The predicted molar refractivity (Wildman–Crippen MR) is 90.5 cm³/mol. The Morgan fingerprint density at radius 1 is 1.33 bits per heavy atom. The van der Waals surface area contributed by atoms with Crippen LogP contribution in [0.5, 0.6) is 11.5 Å². The molecule has 0 amide bonds. The lowest BCUT2D eigenvalue weighted by molar-refractivity contribution is -0.0976. The van der Waals surface area contributed by atoms with E-state index in [1.807, 2.05) is 0 Å². The molecule has 2 aromatic carbocycles. The van der Waals surface area contributed by atoms with Crippen LogP contribution in [0.4, 0.5) is 18.9 Å². The number of rotatable bonds is 4. The van der Waals surface area contributed by atoms with Gasteiger partial charge in [0.2, 0.25) is 0 Å². The minimum Gasteiger partial charge on any atom is -0.458 e. The Kier molecular flexibility index (Phi) is 4.66. The second-order valence-corrected chi connectivity index (χ2v) is 8.30. The fourth-order valence-corrected chi connectivity index (χ4v) is 4.13. The minimum absolute atomic E-state index is 0.0443. The molecule has 0 spiro atoms. The number of alkyl halides is 2. The van der Waals surface area contributed by atoms with Gasteiger partial charge in [0.15, 0.2) is 15.5 Å². The Morgan fingerprint density at radius 3 is 2.67 bits per heavy atom. The SMILES string of the molecule is [C-]#[N+]c1cc(F)cc(Oc2ccc(S(=O)(=O)CC)c3c2CC(F)(F)[C@H]3O)c1. The van der Waals surface area contributed by atoms with Crippen LogP contribution in [-0.4, -0.2) is 25.2 Å². The van der Waals surface area contributed by atoms with Gasteiger partial charge in [-0.15, -0.1) is 0 Å². The first-order valence-electron chi connectivity index (χ1n) is 7.89. The van der Waals surface area contributed by atoms with E-state index in [0.717, 1.165) is 18.2 Å². The van der Waals surface area contributed by atoms with Crippen LogP contribution in [0.3, 0.4) is 0 Å². The van der Waals surface area contributed by atoms with Crippen molar-refractivity contribution in [3.05, 3.63) is 58.7 Å². The molecule has 5 nitrogen and oxygen atoms in total. The maximum absolute atomic E-state index is 14.1. The topological polar surface area (TPSA) is 68.0 Å². The second-order valence-electron chi connectivity index (χ2n) is 6.06. The summed E-state index contributed by atoms with van der Waals surface area (Å²) in [5.74, 6) is -4.86. The molecule has 0 saturated carbocycles. The van der Waals surface area contributed by atoms with Crippen molar-refractivity contribution in [3.63, 3.8) is 0 Å². The molecule has 0 radical (unpaired) electrons. The molecule has 0 heterocycles. The Hall–Kier alpha value is -2.57. The third-order valence-corrected chi connectivity index (χ3v) is 6.07. The standard InChI is InChI=1S/C18H14F3NO4S/c1-3-27(24,25)15-5-4-14(13-9-18(20,21)17(23)16(13)15)26-12-7-10(19)6-11(8-12)22-2/h4-8,17,23H,3,9H2,1H3/t17-/m0/s1. The maximum atomic E-state index is 14.1. The molecule has 27 heavy (non-hydrogen) atoms. The first-order valence-corrected chi connectivity index (χ1v) is 9.54. The van der Waals surface area contributed by atoms with E-state index in [2.05, 4.69) is 4.85 Å². The third kappa shape index (κ3) is 3.38. The van der Waals surface area contributed by atoms with E-state index >= 15 is 0 Å². The molecule has 0 bridgehead atoms. The van der Waals surface area contributed by atoms with Crippen LogP contribution in [-0.2, 0) is 16.3 Å². The van der Waals surface area contributed by atoms with E-state index in [4.69, 9.17) is 11.3 Å². The highest BCUT2D eigenvalue weighted by Crippen LogP contribution is 2.49. The quantitative estimate of drug-likeness (QED) is 0.786. The summed E-state index contributed by atoms with van der Waals surface area (Å²) < 4.78 is 71.7. The Balaban J connectivity index is 2.15. The molecule has 0 unspecified atom stereocenters. The fourth-order valence-electron chi connectivity index (χ4n) is 2.97. The molecular formula is C18H14F3NO4S. The summed E-state index contributed by atoms with van der Waals surface area (Å²) in [4.78, 5) is 2.71. The number of halogens is 3. The van der Waals surface area contributed by atoms with Crippen LogP contribution in [0.2, 0.25) is 0 Å². The summed E-state index contributed by atoms with van der Waals surface area (Å²) in [6, 6.07) is 5.47. The summed E-state index contributed by atoms with van der Waals surface area (Å²) in [6.07, 6.45) is -3.21. The van der Waals surface area contributed by atoms with Gasteiger partial charge in [-0.1, -0.05) is 6.92 Å². The minimum atomic E-state index is -3.86. The smallest absolute Gasteiger partial charge is 0.281 e. The number of aliphatic hydroxyl groups excluding tert-OH is 1. The van der Waals surface area contributed by atoms with Gasteiger partial charge >= 0.3 is 0 Å².